The third kappa shape index (κ3) is 1.83. The molecule has 10 heavy (non-hydrogen) atoms. The second kappa shape index (κ2) is 3.88. The molecule has 0 aromatic heterocycles. The summed E-state index contributed by atoms with van der Waals surface area (Å²) in [5, 5.41) is 8.70. The quantitative estimate of drug-likeness (QED) is 0.455. The van der Waals surface area contributed by atoms with Crippen molar-refractivity contribution < 1.29 is 5.11 Å². The first-order chi connectivity index (χ1) is 4.75. The minimum Gasteiger partial charge on any atom is -0.396 e. The van der Waals surface area contributed by atoms with E-state index in [2.05, 4.69) is 34.5 Å². The molecule has 0 aliphatic carbocycles. The van der Waals surface area contributed by atoms with Crippen LogP contribution in [0.25, 0.3) is 0 Å². The summed E-state index contributed by atoms with van der Waals surface area (Å²) in [5.74, 6) is 0. The molecule has 1 N–H and O–H groups in total. The molecule has 60 valence electrons. The van der Waals surface area contributed by atoms with E-state index < -0.39 is 0 Å². The molecule has 0 aromatic carbocycles. The van der Waals surface area contributed by atoms with E-state index in [0.29, 0.717) is 16.7 Å². The Balaban J connectivity index is 2.33. The van der Waals surface area contributed by atoms with Crippen molar-refractivity contribution >= 4 is 22.6 Å². The zero-order valence-electron chi connectivity index (χ0n) is 6.26. The van der Waals surface area contributed by atoms with Gasteiger partial charge in [0.2, 0.25) is 0 Å². The topological polar surface area (TPSA) is 23.5 Å². The highest BCUT2D eigenvalue weighted by Crippen LogP contribution is 2.27. The molecule has 1 saturated heterocycles. The molecule has 2 unspecified atom stereocenters. The first-order valence-corrected chi connectivity index (χ1v) is 4.97. The minimum atomic E-state index is 0.332. The maximum absolute atomic E-state index is 8.70. The van der Waals surface area contributed by atoms with E-state index in [1.165, 1.54) is 12.8 Å². The van der Waals surface area contributed by atoms with Crippen LogP contribution in [0, 0.1) is 0 Å². The Morgan fingerprint density at radius 2 is 2.30 bits per heavy atom. The highest BCUT2D eigenvalue weighted by atomic mass is 127. The van der Waals surface area contributed by atoms with E-state index in [1.54, 1.807) is 0 Å². The Bertz CT molecular complexity index is 108. The molecule has 1 rings (SSSR count). The zero-order valence-corrected chi connectivity index (χ0v) is 8.41. The fourth-order valence-electron chi connectivity index (χ4n) is 1.46. The number of hydrogen-bond acceptors (Lipinski definition) is 2. The molecule has 2 atom stereocenters. The molecule has 1 heterocycles. The van der Waals surface area contributed by atoms with Gasteiger partial charge in [0.1, 0.15) is 0 Å². The van der Waals surface area contributed by atoms with E-state index in [1.807, 2.05) is 0 Å². The van der Waals surface area contributed by atoms with Crippen LogP contribution in [0.5, 0.6) is 0 Å². The fraction of sp³-hybridized carbons (Fsp3) is 1.00. The van der Waals surface area contributed by atoms with E-state index in [4.69, 9.17) is 5.11 Å². The van der Waals surface area contributed by atoms with Gasteiger partial charge in [0.25, 0.3) is 0 Å². The molecule has 0 radical (unpaired) electrons. The van der Waals surface area contributed by atoms with Crippen LogP contribution in [0.2, 0.25) is 0 Å². The Morgan fingerprint density at radius 1 is 1.60 bits per heavy atom. The van der Waals surface area contributed by atoms with Crippen molar-refractivity contribution in [2.24, 2.45) is 0 Å². The van der Waals surface area contributed by atoms with Crippen LogP contribution in [0.3, 0.4) is 0 Å². The molecule has 1 aliphatic rings. The van der Waals surface area contributed by atoms with Crippen molar-refractivity contribution in [1.82, 2.24) is 4.90 Å². The third-order valence-corrected chi connectivity index (χ3v) is 3.72. The maximum Gasteiger partial charge on any atom is 0.0619 e. The molecule has 1 aliphatic heterocycles. The van der Waals surface area contributed by atoms with Crippen LogP contribution in [-0.4, -0.2) is 33.8 Å². The van der Waals surface area contributed by atoms with E-state index in [0.717, 1.165) is 6.42 Å². The van der Waals surface area contributed by atoms with Crippen molar-refractivity contribution in [3.05, 3.63) is 0 Å². The lowest BCUT2D eigenvalue weighted by Crippen LogP contribution is -2.29. The second-order valence-electron chi connectivity index (χ2n) is 2.84. The molecule has 2 nitrogen and oxygen atoms in total. The van der Waals surface area contributed by atoms with Gasteiger partial charge >= 0.3 is 0 Å². The highest BCUT2D eigenvalue weighted by molar-refractivity contribution is 14.1. The predicted octanol–water partition coefficient (Wildman–Crippen LogP) is 1.22. The molecule has 0 aromatic rings. The molecule has 3 heteroatoms. The first kappa shape index (κ1) is 8.74. The van der Waals surface area contributed by atoms with Crippen LogP contribution in [0.15, 0.2) is 0 Å². The number of hydrogen-bond donors (Lipinski definition) is 1. The molecule has 0 saturated carbocycles. The van der Waals surface area contributed by atoms with Crippen LogP contribution in [0.1, 0.15) is 19.3 Å². The molecular weight excluding hydrogens is 241 g/mol. The van der Waals surface area contributed by atoms with Gasteiger partial charge in [-0.3, -0.25) is 4.90 Å². The maximum atomic E-state index is 8.70. The van der Waals surface area contributed by atoms with Crippen molar-refractivity contribution in [3.63, 3.8) is 0 Å². The SMILES string of the molecule is CN1C(I)CCC1CCO. The Morgan fingerprint density at radius 3 is 2.70 bits per heavy atom. The van der Waals surface area contributed by atoms with Gasteiger partial charge in [0, 0.05) is 12.6 Å². The zero-order chi connectivity index (χ0) is 7.56. The number of aliphatic hydroxyl groups excluding tert-OH is 1. The summed E-state index contributed by atoms with van der Waals surface area (Å²) in [7, 11) is 2.14. The number of likely N-dealkylation sites (tertiary alicyclic amines) is 1. The van der Waals surface area contributed by atoms with Crippen molar-refractivity contribution in [2.75, 3.05) is 13.7 Å². The summed E-state index contributed by atoms with van der Waals surface area (Å²) in [6.45, 7) is 0.332. The summed E-state index contributed by atoms with van der Waals surface area (Å²) < 4.78 is 0.689. The number of aliphatic hydroxyl groups is 1. The number of nitrogens with zero attached hydrogens (tertiary/aromatic N) is 1. The molecule has 0 bridgehead atoms. The summed E-state index contributed by atoms with van der Waals surface area (Å²) in [6.07, 6.45) is 3.47. The standard InChI is InChI=1S/C7H14INO/c1-9-6(4-5-10)2-3-7(9)8/h6-7,10H,2-5H2,1H3. The van der Waals surface area contributed by atoms with Gasteiger partial charge in [-0.25, -0.2) is 0 Å². The van der Waals surface area contributed by atoms with E-state index in [9.17, 15) is 0 Å². The summed E-state index contributed by atoms with van der Waals surface area (Å²) >= 11 is 2.46. The van der Waals surface area contributed by atoms with Gasteiger partial charge in [0.15, 0.2) is 0 Å². The van der Waals surface area contributed by atoms with Gasteiger partial charge in [-0.05, 0) is 26.3 Å². The second-order valence-corrected chi connectivity index (χ2v) is 4.28. The van der Waals surface area contributed by atoms with Crippen LogP contribution in [-0.2, 0) is 0 Å². The average molecular weight is 255 g/mol. The van der Waals surface area contributed by atoms with Crippen molar-refractivity contribution in [1.29, 1.82) is 0 Å². The van der Waals surface area contributed by atoms with Crippen molar-refractivity contribution in [3.8, 4) is 0 Å². The highest BCUT2D eigenvalue weighted by Gasteiger charge is 2.27. The first-order valence-electron chi connectivity index (χ1n) is 3.72. The molecule has 1 fully saturated rings. The Labute approximate surface area is 75.7 Å². The Hall–Kier alpha value is 0.650. The monoisotopic (exact) mass is 255 g/mol. The molecular formula is C7H14INO. The Kier molecular flexibility index (Phi) is 3.39. The van der Waals surface area contributed by atoms with Gasteiger partial charge in [-0.1, -0.05) is 22.6 Å². The van der Waals surface area contributed by atoms with E-state index >= 15 is 0 Å². The average Bonchev–Trinajstić information content (AvgIpc) is 2.20. The third-order valence-electron chi connectivity index (χ3n) is 2.22. The lowest BCUT2D eigenvalue weighted by atomic mass is 10.2. The minimum absolute atomic E-state index is 0.332. The van der Waals surface area contributed by atoms with Crippen molar-refractivity contribution in [2.45, 2.75) is 29.4 Å². The van der Waals surface area contributed by atoms with E-state index in [-0.39, 0.29) is 0 Å². The summed E-state index contributed by atoms with van der Waals surface area (Å²) in [5.41, 5.74) is 0. The van der Waals surface area contributed by atoms with Gasteiger partial charge < -0.3 is 5.11 Å². The predicted molar refractivity (Wildman–Crippen MR) is 50.3 cm³/mol. The van der Waals surface area contributed by atoms with Gasteiger partial charge in [-0.15, -0.1) is 0 Å². The van der Waals surface area contributed by atoms with Gasteiger partial charge in [-0.2, -0.15) is 0 Å². The van der Waals surface area contributed by atoms with Crippen LogP contribution < -0.4 is 0 Å². The lowest BCUT2D eigenvalue weighted by Gasteiger charge is -2.21. The summed E-state index contributed by atoms with van der Waals surface area (Å²) in [6, 6.07) is 0.631. The molecule has 0 spiro atoms. The number of rotatable bonds is 2. The van der Waals surface area contributed by atoms with Gasteiger partial charge in [0.05, 0.1) is 4.05 Å². The largest absolute Gasteiger partial charge is 0.396 e. The fourth-order valence-corrected chi connectivity index (χ4v) is 2.28. The summed E-state index contributed by atoms with van der Waals surface area (Å²) in [4.78, 5) is 2.36. The smallest absolute Gasteiger partial charge is 0.0619 e. The number of halogens is 1. The van der Waals surface area contributed by atoms with Crippen LogP contribution >= 0.6 is 22.6 Å². The number of alkyl halides is 1. The van der Waals surface area contributed by atoms with Crippen LogP contribution in [0.4, 0.5) is 0 Å². The molecule has 0 amide bonds. The normalized spacial score (nSPS) is 35.1. The lowest BCUT2D eigenvalue weighted by molar-refractivity contribution is 0.216.